The van der Waals surface area contributed by atoms with Crippen molar-refractivity contribution in [2.75, 3.05) is 0 Å². The molecule has 0 rings (SSSR count). The Kier molecular flexibility index (Phi) is 187. The van der Waals surface area contributed by atoms with Crippen molar-refractivity contribution in [3.63, 3.8) is 0 Å². The van der Waals surface area contributed by atoms with E-state index in [4.69, 9.17) is 10.5 Å². The molecule has 0 aliphatic rings. The summed E-state index contributed by atoms with van der Waals surface area (Å²) in [5.41, 5.74) is 0. The molecule has 0 bridgehead atoms. The summed E-state index contributed by atoms with van der Waals surface area (Å²) >= 11 is 0. The first kappa shape index (κ1) is 20.2. The van der Waals surface area contributed by atoms with Gasteiger partial charge in [0.05, 0.1) is 0 Å². The standard InChI is InChI=1S/Al.Fe.H2O2.3H/c;;1-2;;;/h;;1-2H;;;. The van der Waals surface area contributed by atoms with Gasteiger partial charge in [-0.15, -0.1) is 0 Å². The predicted octanol–water partition coefficient (Wildman–Crippen LogP) is -1.17. The second-order valence-corrected chi connectivity index (χ2v) is 0. The smallest absolute Gasteiger partial charge is 0.187 e. The third-order valence-electron chi connectivity index (χ3n) is 0. The van der Waals surface area contributed by atoms with Gasteiger partial charge in [0.25, 0.3) is 0 Å². The molecular weight excluding hydrogens is 115 g/mol. The second kappa shape index (κ2) is 37.1. The van der Waals surface area contributed by atoms with Gasteiger partial charge in [-0.2, -0.15) is 0 Å². The molecule has 2 N–H and O–H groups in total. The summed E-state index contributed by atoms with van der Waals surface area (Å²) in [6.45, 7) is 0. The average Bonchev–Trinajstić information content (AvgIpc) is 1.00. The summed E-state index contributed by atoms with van der Waals surface area (Å²) in [5.74, 6) is 0. The Morgan fingerprint density at radius 3 is 1.00 bits per heavy atom. The summed E-state index contributed by atoms with van der Waals surface area (Å²) < 4.78 is 0. The normalized spacial score (nSPS) is 1.50. The summed E-state index contributed by atoms with van der Waals surface area (Å²) in [7, 11) is 0. The maximum atomic E-state index is 6.00. The maximum absolute atomic E-state index is 6.00. The fraction of sp³-hybridized carbons (Fsp3) is 0. The van der Waals surface area contributed by atoms with Gasteiger partial charge >= 0.3 is 0 Å². The molecule has 0 radical (unpaired) electrons. The molecule has 0 heterocycles. The molecule has 0 aliphatic carbocycles. The Labute approximate surface area is 45.4 Å². The third kappa shape index (κ3) is 12.2. The van der Waals surface area contributed by atoms with Crippen LogP contribution in [0.4, 0.5) is 0 Å². The molecule has 0 saturated heterocycles. The zero-order valence-electron chi connectivity index (χ0n) is 1.25. The Bertz CT molecular complexity index is 6.00. The average molecular weight is 120 g/mol. The van der Waals surface area contributed by atoms with Gasteiger partial charge in [-0.25, -0.2) is 0 Å². The first-order chi connectivity index (χ1) is 1.00. The monoisotopic (exact) mass is 120 g/mol. The molecule has 28 valence electrons. The first-order valence-corrected chi connectivity index (χ1v) is 0.200. The fourth-order valence-corrected chi connectivity index (χ4v) is 0. The van der Waals surface area contributed by atoms with Crippen LogP contribution in [0.3, 0.4) is 0 Å². The molecule has 0 aromatic heterocycles. The zero-order chi connectivity index (χ0) is 2.00. The Morgan fingerprint density at radius 1 is 1.00 bits per heavy atom. The zero-order valence-corrected chi connectivity index (χ0v) is 2.35. The molecule has 0 unspecified atom stereocenters. The largest absolute Gasteiger partial charge is 0.255 e. The molecule has 0 amide bonds. The van der Waals surface area contributed by atoms with E-state index in [1.807, 2.05) is 0 Å². The van der Waals surface area contributed by atoms with Gasteiger partial charge in [0.15, 0.2) is 17.4 Å². The minimum Gasteiger partial charge on any atom is -0.255 e. The fourth-order valence-electron chi connectivity index (χ4n) is 0. The molecular formula is H5AlFeO2. The minimum absolute atomic E-state index is 0. The van der Waals surface area contributed by atoms with Gasteiger partial charge in [-0.3, -0.25) is 10.5 Å². The van der Waals surface area contributed by atoms with Crippen molar-refractivity contribution in [2.45, 2.75) is 0 Å². The van der Waals surface area contributed by atoms with E-state index in [1.165, 1.54) is 0 Å². The van der Waals surface area contributed by atoms with E-state index >= 15 is 0 Å². The van der Waals surface area contributed by atoms with Crippen molar-refractivity contribution in [2.24, 2.45) is 0 Å². The van der Waals surface area contributed by atoms with Gasteiger partial charge in [-0.1, -0.05) is 0 Å². The van der Waals surface area contributed by atoms with E-state index in [0.29, 0.717) is 0 Å². The van der Waals surface area contributed by atoms with Crippen LogP contribution in [-0.2, 0) is 17.1 Å². The van der Waals surface area contributed by atoms with Gasteiger partial charge < -0.3 is 0 Å². The first-order valence-electron chi connectivity index (χ1n) is 0.200. The van der Waals surface area contributed by atoms with Crippen molar-refractivity contribution < 1.29 is 27.6 Å². The van der Waals surface area contributed by atoms with Crippen molar-refractivity contribution in [3.05, 3.63) is 0 Å². The van der Waals surface area contributed by atoms with Crippen LogP contribution in [0.2, 0.25) is 0 Å². The number of hydrogen-bond donors (Lipinski definition) is 2. The van der Waals surface area contributed by atoms with E-state index in [0.717, 1.165) is 0 Å². The van der Waals surface area contributed by atoms with Crippen LogP contribution in [0, 0.1) is 0 Å². The van der Waals surface area contributed by atoms with Crippen molar-refractivity contribution >= 4 is 17.4 Å². The molecule has 0 aromatic rings. The summed E-state index contributed by atoms with van der Waals surface area (Å²) in [6.07, 6.45) is 0. The summed E-state index contributed by atoms with van der Waals surface area (Å²) in [5, 5.41) is 12.0. The third-order valence-corrected chi connectivity index (χ3v) is 0. The molecule has 4 heteroatoms. The topological polar surface area (TPSA) is 40.5 Å². The Morgan fingerprint density at radius 2 is 1.00 bits per heavy atom. The van der Waals surface area contributed by atoms with Crippen LogP contribution in [0.1, 0.15) is 0 Å². The molecule has 0 saturated carbocycles. The van der Waals surface area contributed by atoms with Crippen LogP contribution in [0.25, 0.3) is 0 Å². The number of rotatable bonds is 0. The van der Waals surface area contributed by atoms with Gasteiger partial charge in [0, 0.05) is 17.1 Å². The van der Waals surface area contributed by atoms with Gasteiger partial charge in [0.1, 0.15) is 0 Å². The molecule has 0 aliphatic heterocycles. The van der Waals surface area contributed by atoms with Gasteiger partial charge in [-0.05, 0) is 0 Å². The maximum Gasteiger partial charge on any atom is 0.187 e. The summed E-state index contributed by atoms with van der Waals surface area (Å²) in [6, 6.07) is 0. The van der Waals surface area contributed by atoms with E-state index in [1.54, 1.807) is 0 Å². The predicted molar refractivity (Wildman–Crippen MR) is 15.2 cm³/mol. The van der Waals surface area contributed by atoms with Crippen molar-refractivity contribution in [1.29, 1.82) is 0 Å². The van der Waals surface area contributed by atoms with E-state index in [-0.39, 0.29) is 34.4 Å². The molecule has 0 fully saturated rings. The molecule has 2 nitrogen and oxygen atoms in total. The molecule has 0 atom stereocenters. The van der Waals surface area contributed by atoms with Crippen LogP contribution < -0.4 is 0 Å². The molecule has 4 heavy (non-hydrogen) atoms. The van der Waals surface area contributed by atoms with E-state index in [9.17, 15) is 0 Å². The van der Waals surface area contributed by atoms with Crippen LogP contribution in [-0.4, -0.2) is 27.9 Å². The minimum atomic E-state index is 0. The van der Waals surface area contributed by atoms with Crippen LogP contribution in [0.5, 0.6) is 0 Å². The van der Waals surface area contributed by atoms with Gasteiger partial charge in [0.2, 0.25) is 0 Å². The Balaban J connectivity index is -0.00000000500. The number of hydrogen-bond acceptors (Lipinski definition) is 2. The van der Waals surface area contributed by atoms with Crippen molar-refractivity contribution in [3.8, 4) is 0 Å². The Hall–Kier alpha value is 0.972. The van der Waals surface area contributed by atoms with Crippen LogP contribution >= 0.6 is 0 Å². The van der Waals surface area contributed by atoms with Crippen molar-refractivity contribution in [1.82, 2.24) is 0 Å². The van der Waals surface area contributed by atoms with E-state index in [2.05, 4.69) is 0 Å². The molecule has 0 aromatic carbocycles. The molecule has 0 spiro atoms. The van der Waals surface area contributed by atoms with E-state index < -0.39 is 0 Å². The second-order valence-electron chi connectivity index (χ2n) is 0. The van der Waals surface area contributed by atoms with Crippen LogP contribution in [0.15, 0.2) is 0 Å². The quantitative estimate of drug-likeness (QED) is 0.240. The SMILES string of the molecule is OO.[AlH3].[Fe]. The summed E-state index contributed by atoms with van der Waals surface area (Å²) in [4.78, 5) is 0.